The molecule has 3 nitrogen and oxygen atoms in total. The molecule has 0 rings (SSSR count). The number of alkyl halides is 12. The lowest BCUT2D eigenvalue weighted by Gasteiger charge is -2.38. The van der Waals surface area contributed by atoms with Crippen molar-refractivity contribution in [1.82, 2.24) is 5.32 Å². The summed E-state index contributed by atoms with van der Waals surface area (Å²) in [5.74, 6) is -40.1. The fraction of sp³-hybridized carbons (Fsp3) is 0.909. The Kier molecular flexibility index (Phi) is 6.91. The van der Waals surface area contributed by atoms with Crippen molar-refractivity contribution in [2.45, 2.75) is 55.4 Å². The molecule has 156 valence electrons. The normalized spacial score (nSPS) is 16.0. The van der Waals surface area contributed by atoms with Crippen molar-refractivity contribution in [2.24, 2.45) is 0 Å². The average Bonchev–Trinajstić information content (AvgIpc) is 2.50. The van der Waals surface area contributed by atoms with E-state index in [1.165, 1.54) is 0 Å². The van der Waals surface area contributed by atoms with Crippen LogP contribution in [0.15, 0.2) is 0 Å². The predicted octanol–water partition coefficient (Wildman–Crippen LogP) is 3.32. The summed E-state index contributed by atoms with van der Waals surface area (Å²) in [4.78, 5) is 11.0. The summed E-state index contributed by atoms with van der Waals surface area (Å²) in [6, 6.07) is -1.69. The Morgan fingerprint density at radius 1 is 0.885 bits per heavy atom. The lowest BCUT2D eigenvalue weighted by Crippen LogP contribution is -2.71. The third-order valence-corrected chi connectivity index (χ3v) is 3.21. The van der Waals surface area contributed by atoms with Gasteiger partial charge in [-0.15, -0.1) is 0 Å². The van der Waals surface area contributed by atoms with E-state index in [2.05, 4.69) is 0 Å². The van der Waals surface area contributed by atoms with Crippen molar-refractivity contribution < 1.29 is 62.6 Å². The van der Waals surface area contributed by atoms with Crippen LogP contribution in [0.5, 0.6) is 0 Å². The number of aliphatic hydroxyl groups is 1. The van der Waals surface area contributed by atoms with Gasteiger partial charge in [0.1, 0.15) is 0 Å². The van der Waals surface area contributed by atoms with Gasteiger partial charge in [0.15, 0.2) is 0 Å². The fourth-order valence-electron chi connectivity index (χ4n) is 1.44. The average molecular weight is 417 g/mol. The van der Waals surface area contributed by atoms with Crippen LogP contribution < -0.4 is 5.32 Å². The van der Waals surface area contributed by atoms with Crippen LogP contribution in [0.25, 0.3) is 0 Å². The molecule has 0 fully saturated rings. The number of carbonyl (C=O) groups excluding carboxylic acids is 1. The second-order valence-electron chi connectivity index (χ2n) is 4.98. The van der Waals surface area contributed by atoms with Crippen molar-refractivity contribution >= 4 is 5.91 Å². The van der Waals surface area contributed by atoms with E-state index in [0.29, 0.717) is 0 Å². The molecule has 0 spiro atoms. The molecule has 1 amide bonds. The van der Waals surface area contributed by atoms with Gasteiger partial charge >= 0.3 is 36.0 Å². The van der Waals surface area contributed by atoms with Crippen molar-refractivity contribution in [1.29, 1.82) is 0 Å². The van der Waals surface area contributed by atoms with E-state index in [-0.39, 0.29) is 0 Å². The lowest BCUT2D eigenvalue weighted by molar-refractivity contribution is -0.407. The maximum atomic E-state index is 13.4. The molecule has 0 saturated carbocycles. The summed E-state index contributed by atoms with van der Waals surface area (Å²) in [7, 11) is 0. The van der Waals surface area contributed by atoms with Crippen LogP contribution in [-0.2, 0) is 4.79 Å². The molecule has 0 radical (unpaired) electrons. The van der Waals surface area contributed by atoms with E-state index >= 15 is 0 Å². The molecule has 2 N–H and O–H groups in total. The molecule has 0 aliphatic heterocycles. The van der Waals surface area contributed by atoms with E-state index in [4.69, 9.17) is 5.11 Å². The van der Waals surface area contributed by atoms with E-state index < -0.39 is 61.0 Å². The quantitative estimate of drug-likeness (QED) is 0.566. The van der Waals surface area contributed by atoms with Gasteiger partial charge in [-0.1, -0.05) is 6.92 Å². The molecule has 0 aromatic rings. The SMILES string of the molecule is CCC(CO)NC(=O)C(F)(F)C(F)(F)C(F)(F)C(F)(F)C(F)(F)C(F)F. The first-order valence-electron chi connectivity index (χ1n) is 6.45. The Bertz CT molecular complexity index is 503. The van der Waals surface area contributed by atoms with Gasteiger partial charge in [0, 0.05) is 0 Å². The first kappa shape index (κ1) is 24.6. The number of amides is 1. The minimum atomic E-state index is -7.76. The molecule has 1 unspecified atom stereocenters. The number of aliphatic hydroxyl groups excluding tert-OH is 1. The zero-order valence-electron chi connectivity index (χ0n) is 12.5. The van der Waals surface area contributed by atoms with E-state index in [1.807, 2.05) is 0 Å². The third kappa shape index (κ3) is 3.53. The smallest absolute Gasteiger partial charge is 0.392 e. The van der Waals surface area contributed by atoms with Gasteiger partial charge in [-0.05, 0) is 6.42 Å². The fourth-order valence-corrected chi connectivity index (χ4v) is 1.44. The Labute approximate surface area is 137 Å². The summed E-state index contributed by atoms with van der Waals surface area (Å²) in [5.41, 5.74) is 0. The van der Waals surface area contributed by atoms with Crippen LogP contribution in [0.4, 0.5) is 52.7 Å². The maximum Gasteiger partial charge on any atom is 0.392 e. The standard InChI is InChI=1S/C11H11F12NO2/c1-2-4(3-25)24-6(26)8(16,17)10(20,21)11(22,23)9(18,19)7(14,15)5(12)13/h4-5,25H,2-3H2,1H3,(H,24,26). The molecule has 1 atom stereocenters. The molecule has 26 heavy (non-hydrogen) atoms. The molecule has 0 saturated heterocycles. The Hall–Kier alpha value is -1.41. The molecular formula is C11H11F12NO2. The molecule has 15 heteroatoms. The second-order valence-corrected chi connectivity index (χ2v) is 4.98. The van der Waals surface area contributed by atoms with Crippen LogP contribution in [-0.4, -0.2) is 59.7 Å². The van der Waals surface area contributed by atoms with Gasteiger partial charge < -0.3 is 10.4 Å². The molecule has 0 aliphatic rings. The highest BCUT2D eigenvalue weighted by Crippen LogP contribution is 2.58. The van der Waals surface area contributed by atoms with E-state index in [0.717, 1.165) is 12.2 Å². The number of carbonyl (C=O) groups is 1. The summed E-state index contributed by atoms with van der Waals surface area (Å²) in [6.45, 7) is -0.0523. The number of halogens is 12. The summed E-state index contributed by atoms with van der Waals surface area (Å²) in [5, 5.41) is 9.52. The molecule has 0 bridgehead atoms. The zero-order chi connectivity index (χ0) is 21.4. The molecule has 0 aromatic carbocycles. The molecule has 0 aromatic heterocycles. The summed E-state index contributed by atoms with van der Waals surface area (Å²) in [6.07, 6.45) is -6.01. The highest BCUT2D eigenvalue weighted by molar-refractivity contribution is 5.85. The second kappa shape index (κ2) is 7.31. The Balaban J connectivity index is 6.06. The van der Waals surface area contributed by atoms with Gasteiger partial charge in [0.05, 0.1) is 12.6 Å². The highest BCUT2D eigenvalue weighted by atomic mass is 19.4. The highest BCUT2D eigenvalue weighted by Gasteiger charge is 2.89. The topological polar surface area (TPSA) is 49.3 Å². The van der Waals surface area contributed by atoms with Crippen LogP contribution in [0.2, 0.25) is 0 Å². The molecule has 0 heterocycles. The van der Waals surface area contributed by atoms with Crippen molar-refractivity contribution in [3.05, 3.63) is 0 Å². The van der Waals surface area contributed by atoms with Crippen LogP contribution in [0, 0.1) is 0 Å². The number of hydrogen-bond acceptors (Lipinski definition) is 2. The van der Waals surface area contributed by atoms with Crippen molar-refractivity contribution in [3.8, 4) is 0 Å². The lowest BCUT2D eigenvalue weighted by atomic mass is 9.94. The van der Waals surface area contributed by atoms with E-state index in [9.17, 15) is 57.5 Å². The van der Waals surface area contributed by atoms with Crippen molar-refractivity contribution in [3.63, 3.8) is 0 Å². The van der Waals surface area contributed by atoms with Crippen molar-refractivity contribution in [2.75, 3.05) is 6.61 Å². The summed E-state index contributed by atoms with van der Waals surface area (Å²) < 4.78 is 154. The molecule has 0 aliphatic carbocycles. The predicted molar refractivity (Wildman–Crippen MR) is 60.0 cm³/mol. The monoisotopic (exact) mass is 417 g/mol. The van der Waals surface area contributed by atoms with Crippen LogP contribution >= 0.6 is 0 Å². The third-order valence-electron chi connectivity index (χ3n) is 3.21. The first-order chi connectivity index (χ1) is 11.4. The number of hydrogen-bond donors (Lipinski definition) is 2. The maximum absolute atomic E-state index is 13.4. The molecular weight excluding hydrogens is 406 g/mol. The Morgan fingerprint density at radius 2 is 1.31 bits per heavy atom. The number of rotatable bonds is 9. The minimum absolute atomic E-state index is 0.403. The Morgan fingerprint density at radius 3 is 1.62 bits per heavy atom. The van der Waals surface area contributed by atoms with Crippen LogP contribution in [0.3, 0.4) is 0 Å². The van der Waals surface area contributed by atoms with Gasteiger partial charge in [-0.3, -0.25) is 4.79 Å². The summed E-state index contributed by atoms with van der Waals surface area (Å²) >= 11 is 0. The van der Waals surface area contributed by atoms with Crippen LogP contribution in [0.1, 0.15) is 13.3 Å². The zero-order valence-corrected chi connectivity index (χ0v) is 12.5. The minimum Gasteiger partial charge on any atom is -0.394 e. The first-order valence-corrected chi connectivity index (χ1v) is 6.45. The van der Waals surface area contributed by atoms with Gasteiger partial charge in [-0.2, -0.15) is 43.9 Å². The van der Waals surface area contributed by atoms with Gasteiger partial charge in [0.2, 0.25) is 0 Å². The number of nitrogens with one attached hydrogen (secondary N) is 1. The van der Waals surface area contributed by atoms with Gasteiger partial charge in [-0.25, -0.2) is 8.78 Å². The van der Waals surface area contributed by atoms with Gasteiger partial charge in [0.25, 0.3) is 5.91 Å². The van der Waals surface area contributed by atoms with E-state index in [1.54, 1.807) is 0 Å². The largest absolute Gasteiger partial charge is 0.394 e.